The van der Waals surface area contributed by atoms with Crippen molar-refractivity contribution < 1.29 is 0 Å². The number of thiophene rings is 1. The monoisotopic (exact) mass is 854 g/mol. The van der Waals surface area contributed by atoms with Crippen LogP contribution in [0.3, 0.4) is 0 Å². The van der Waals surface area contributed by atoms with Crippen molar-refractivity contribution in [3.63, 3.8) is 0 Å². The molecule has 0 spiro atoms. The lowest BCUT2D eigenvalue weighted by atomic mass is 9.97. The number of aliphatic imine (C=N–C) groups is 4. The second kappa shape index (κ2) is 16.5. The Bertz CT molecular complexity index is 3570. The molecule has 0 N–H and O–H groups in total. The van der Waals surface area contributed by atoms with Crippen LogP contribution in [-0.2, 0) is 0 Å². The van der Waals surface area contributed by atoms with Crippen LogP contribution in [0.5, 0.6) is 0 Å². The van der Waals surface area contributed by atoms with Gasteiger partial charge in [0.1, 0.15) is 0 Å². The van der Waals surface area contributed by atoms with Gasteiger partial charge in [0.25, 0.3) is 0 Å². The zero-order valence-corrected chi connectivity index (χ0v) is 36.8. The molecule has 3 aromatic heterocycles. The molecule has 11 rings (SSSR count). The minimum Gasteiger partial charge on any atom is -0.309 e. The van der Waals surface area contributed by atoms with E-state index in [1.807, 2.05) is 25.2 Å². The molecule has 3 heterocycles. The fourth-order valence-electron chi connectivity index (χ4n) is 9.48. The molecule has 0 aliphatic rings. The normalized spacial score (nSPS) is 12.6. The molecule has 65 heavy (non-hydrogen) atoms. The third-order valence-corrected chi connectivity index (χ3v) is 13.3. The number of aromatic nitrogens is 2. The zero-order valence-electron chi connectivity index (χ0n) is 36.0. The van der Waals surface area contributed by atoms with E-state index in [1.54, 1.807) is 24.8 Å². The summed E-state index contributed by atoms with van der Waals surface area (Å²) in [5.41, 5.74) is 13.1. The van der Waals surface area contributed by atoms with Crippen molar-refractivity contribution in [3.8, 4) is 33.6 Å². The van der Waals surface area contributed by atoms with Gasteiger partial charge in [0.05, 0.1) is 22.1 Å². The number of para-hydroxylation sites is 2. The Morgan fingerprint density at radius 3 is 1.23 bits per heavy atom. The molecule has 11 aromatic rings. The van der Waals surface area contributed by atoms with E-state index in [9.17, 15) is 0 Å². The van der Waals surface area contributed by atoms with Gasteiger partial charge in [0, 0.05) is 89.0 Å². The minimum atomic E-state index is 0.631. The third-order valence-electron chi connectivity index (χ3n) is 12.2. The standard InChI is InChI=1S/C58H42N6S/c1-5-59-57(60-6-2)43-21-15-23-51-55(43)47-35-37(25-29-49(47)63(51)41-17-11-9-12-18-41)39-27-31-53-45(33-39)46-34-40(28-32-54(46)65-53)38-26-30-50-48(36-38)56-44(58(61-7-3)62-8-4)22-16-24-52(56)64(50)42-19-13-10-14-20-42/h5-36H,1,3H2,2,4H3/b59-57-,60-6-,61-58-,62-8-. The van der Waals surface area contributed by atoms with Crippen LogP contribution in [0.2, 0.25) is 0 Å². The van der Waals surface area contributed by atoms with E-state index in [0.29, 0.717) is 11.7 Å². The molecule has 0 amide bonds. The van der Waals surface area contributed by atoms with Crippen molar-refractivity contribution in [1.29, 1.82) is 0 Å². The van der Waals surface area contributed by atoms with Crippen molar-refractivity contribution in [3.05, 3.63) is 207 Å². The van der Waals surface area contributed by atoms with Gasteiger partial charge in [-0.1, -0.05) is 98.1 Å². The maximum absolute atomic E-state index is 4.69. The molecule has 0 saturated heterocycles. The fourth-order valence-corrected chi connectivity index (χ4v) is 10.5. The molecule has 0 unspecified atom stereocenters. The third kappa shape index (κ3) is 6.64. The smallest absolute Gasteiger partial charge is 0.159 e. The van der Waals surface area contributed by atoms with Crippen LogP contribution in [0.25, 0.3) is 97.4 Å². The lowest BCUT2D eigenvalue weighted by Crippen LogP contribution is -1.98. The summed E-state index contributed by atoms with van der Waals surface area (Å²) in [5, 5.41) is 6.94. The first-order valence-corrected chi connectivity index (χ1v) is 22.5. The summed E-state index contributed by atoms with van der Waals surface area (Å²) >= 11 is 1.83. The van der Waals surface area contributed by atoms with Crippen LogP contribution in [0.4, 0.5) is 0 Å². The Labute approximate surface area is 380 Å². The summed E-state index contributed by atoms with van der Waals surface area (Å²) < 4.78 is 7.18. The summed E-state index contributed by atoms with van der Waals surface area (Å²) in [6.07, 6.45) is 6.69. The fraction of sp³-hybridized carbons (Fsp3) is 0.0345. The number of hydrogen-bond donors (Lipinski definition) is 0. The Balaban J connectivity index is 1.08. The Kier molecular flexibility index (Phi) is 10.0. The van der Waals surface area contributed by atoms with Crippen LogP contribution in [0, 0.1) is 0 Å². The Morgan fingerprint density at radius 1 is 0.431 bits per heavy atom. The maximum atomic E-state index is 4.69. The first-order valence-electron chi connectivity index (χ1n) is 21.7. The van der Waals surface area contributed by atoms with E-state index >= 15 is 0 Å². The Hall–Kier alpha value is -8.26. The molecule has 0 aliphatic carbocycles. The molecule has 0 bridgehead atoms. The second-order valence-electron chi connectivity index (χ2n) is 15.8. The van der Waals surface area contributed by atoms with Gasteiger partial charge in [0.15, 0.2) is 11.7 Å². The van der Waals surface area contributed by atoms with E-state index in [1.165, 1.54) is 20.2 Å². The second-order valence-corrected chi connectivity index (χ2v) is 16.9. The predicted octanol–water partition coefficient (Wildman–Crippen LogP) is 15.5. The van der Waals surface area contributed by atoms with Crippen LogP contribution in [0.1, 0.15) is 25.0 Å². The summed E-state index contributed by atoms with van der Waals surface area (Å²) in [4.78, 5) is 18.6. The molecule has 0 radical (unpaired) electrons. The molecular formula is C58H42N6S. The molecule has 0 saturated carbocycles. The molecule has 0 atom stereocenters. The minimum absolute atomic E-state index is 0.631. The van der Waals surface area contributed by atoms with E-state index in [2.05, 4.69) is 212 Å². The summed E-state index contributed by atoms with van der Waals surface area (Å²) in [6, 6.07) is 61.2. The quantitative estimate of drug-likeness (QED) is 0.108. The number of rotatable bonds is 8. The van der Waals surface area contributed by atoms with Gasteiger partial charge in [-0.15, -0.1) is 11.3 Å². The van der Waals surface area contributed by atoms with Crippen molar-refractivity contribution in [2.75, 3.05) is 0 Å². The van der Waals surface area contributed by atoms with Gasteiger partial charge in [-0.2, -0.15) is 0 Å². The van der Waals surface area contributed by atoms with E-state index in [0.717, 1.165) is 88.4 Å². The van der Waals surface area contributed by atoms with Gasteiger partial charge >= 0.3 is 0 Å². The SMILES string of the molecule is C=C/N=C(\N=C/C)c1cccc2c1c1cc(-c3ccc4sc5ccc(-c6ccc7c(c6)c6c(C(/N=C\C)=N/C=C)cccc6n7-c6ccccc6)cc5c4c3)ccc1n2-c1ccccc1. The van der Waals surface area contributed by atoms with Gasteiger partial charge in [-0.3, -0.25) is 0 Å². The van der Waals surface area contributed by atoms with Crippen molar-refractivity contribution >= 4 is 99.2 Å². The largest absolute Gasteiger partial charge is 0.309 e. The predicted molar refractivity (Wildman–Crippen MR) is 281 cm³/mol. The van der Waals surface area contributed by atoms with Gasteiger partial charge < -0.3 is 9.13 Å². The number of amidine groups is 2. The lowest BCUT2D eigenvalue weighted by Gasteiger charge is -2.09. The van der Waals surface area contributed by atoms with Crippen molar-refractivity contribution in [2.45, 2.75) is 13.8 Å². The number of nitrogens with zero attached hydrogens (tertiary/aromatic N) is 6. The average Bonchev–Trinajstić information content (AvgIpc) is 4.01. The first-order chi connectivity index (χ1) is 32.1. The van der Waals surface area contributed by atoms with Crippen LogP contribution >= 0.6 is 11.3 Å². The number of fused-ring (bicyclic) bond motifs is 9. The van der Waals surface area contributed by atoms with Crippen molar-refractivity contribution in [2.24, 2.45) is 20.0 Å². The molecule has 6 nitrogen and oxygen atoms in total. The molecule has 310 valence electrons. The summed E-state index contributed by atoms with van der Waals surface area (Å²) in [5.74, 6) is 1.26. The highest BCUT2D eigenvalue weighted by Gasteiger charge is 2.21. The van der Waals surface area contributed by atoms with E-state index < -0.39 is 0 Å². The number of benzene rings is 8. The van der Waals surface area contributed by atoms with Crippen LogP contribution in [-0.4, -0.2) is 33.2 Å². The summed E-state index contributed by atoms with van der Waals surface area (Å²) in [6.45, 7) is 11.6. The number of hydrogen-bond acceptors (Lipinski definition) is 3. The van der Waals surface area contributed by atoms with E-state index in [4.69, 9.17) is 0 Å². The van der Waals surface area contributed by atoms with Crippen LogP contribution in [0.15, 0.2) is 215 Å². The lowest BCUT2D eigenvalue weighted by molar-refractivity contribution is 1.18. The van der Waals surface area contributed by atoms with Crippen LogP contribution < -0.4 is 0 Å². The highest BCUT2D eigenvalue weighted by molar-refractivity contribution is 7.25. The molecule has 7 heteroatoms. The summed E-state index contributed by atoms with van der Waals surface area (Å²) in [7, 11) is 0. The van der Waals surface area contributed by atoms with Gasteiger partial charge in [-0.05, 0) is 121 Å². The van der Waals surface area contributed by atoms with Crippen molar-refractivity contribution in [1.82, 2.24) is 9.13 Å². The van der Waals surface area contributed by atoms with E-state index in [-0.39, 0.29) is 0 Å². The van der Waals surface area contributed by atoms with Gasteiger partial charge in [0.2, 0.25) is 0 Å². The first kappa shape index (κ1) is 39.6. The topological polar surface area (TPSA) is 59.3 Å². The highest BCUT2D eigenvalue weighted by Crippen LogP contribution is 2.42. The zero-order chi connectivity index (χ0) is 44.0. The molecular weight excluding hydrogens is 813 g/mol. The van der Waals surface area contributed by atoms with Gasteiger partial charge in [-0.25, -0.2) is 20.0 Å². The Morgan fingerprint density at radius 2 is 0.831 bits per heavy atom. The average molecular weight is 855 g/mol. The molecule has 0 aliphatic heterocycles. The molecule has 0 fully saturated rings. The molecule has 8 aromatic carbocycles. The maximum Gasteiger partial charge on any atom is 0.159 e. The highest BCUT2D eigenvalue weighted by atomic mass is 32.1.